The van der Waals surface area contributed by atoms with Gasteiger partial charge < -0.3 is 10.6 Å². The molecule has 1 aromatic carbocycles. The van der Waals surface area contributed by atoms with E-state index >= 15 is 0 Å². The van der Waals surface area contributed by atoms with Crippen molar-refractivity contribution in [3.63, 3.8) is 0 Å². The SMILES string of the molecule is FC(F)(F)c1ccccc1Nc1ccnc(NCc2cccnc2)n1. The monoisotopic (exact) mass is 345 g/mol. The van der Waals surface area contributed by atoms with E-state index in [0.29, 0.717) is 12.5 Å². The summed E-state index contributed by atoms with van der Waals surface area (Å²) in [6, 6.07) is 10.4. The summed E-state index contributed by atoms with van der Waals surface area (Å²) in [7, 11) is 0. The van der Waals surface area contributed by atoms with Crippen LogP contribution in [0.5, 0.6) is 0 Å². The van der Waals surface area contributed by atoms with E-state index < -0.39 is 11.7 Å². The molecule has 3 rings (SSSR count). The Hall–Kier alpha value is -3.16. The van der Waals surface area contributed by atoms with Gasteiger partial charge in [0.15, 0.2) is 0 Å². The van der Waals surface area contributed by atoms with Crippen molar-refractivity contribution in [2.45, 2.75) is 12.7 Å². The molecule has 0 saturated heterocycles. The molecule has 3 aromatic rings. The normalized spacial score (nSPS) is 11.2. The van der Waals surface area contributed by atoms with Gasteiger partial charge >= 0.3 is 6.18 Å². The summed E-state index contributed by atoms with van der Waals surface area (Å²) < 4.78 is 39.1. The summed E-state index contributed by atoms with van der Waals surface area (Å²) in [5, 5.41) is 5.70. The number of halogens is 3. The lowest BCUT2D eigenvalue weighted by molar-refractivity contribution is -0.136. The predicted octanol–water partition coefficient (Wildman–Crippen LogP) is 4.25. The molecule has 0 atom stereocenters. The first-order valence-corrected chi connectivity index (χ1v) is 7.41. The lowest BCUT2D eigenvalue weighted by Gasteiger charge is -2.14. The molecule has 0 bridgehead atoms. The van der Waals surface area contributed by atoms with Gasteiger partial charge in [-0.15, -0.1) is 0 Å². The van der Waals surface area contributed by atoms with Gasteiger partial charge in [-0.05, 0) is 29.8 Å². The Kier molecular flexibility index (Phi) is 4.78. The zero-order chi connectivity index (χ0) is 17.7. The van der Waals surface area contributed by atoms with Crippen LogP contribution in [0.2, 0.25) is 0 Å². The Balaban J connectivity index is 1.74. The third kappa shape index (κ3) is 4.43. The van der Waals surface area contributed by atoms with E-state index in [9.17, 15) is 13.2 Å². The topological polar surface area (TPSA) is 62.7 Å². The molecule has 2 heterocycles. The van der Waals surface area contributed by atoms with Crippen LogP contribution in [0.3, 0.4) is 0 Å². The van der Waals surface area contributed by atoms with Crippen LogP contribution in [0.1, 0.15) is 11.1 Å². The first kappa shape index (κ1) is 16.7. The van der Waals surface area contributed by atoms with Crippen LogP contribution in [0, 0.1) is 0 Å². The minimum atomic E-state index is -4.45. The van der Waals surface area contributed by atoms with Crippen LogP contribution in [-0.4, -0.2) is 15.0 Å². The second kappa shape index (κ2) is 7.16. The molecule has 0 amide bonds. The van der Waals surface area contributed by atoms with Crippen molar-refractivity contribution in [2.24, 2.45) is 0 Å². The number of pyridine rings is 1. The molecule has 2 N–H and O–H groups in total. The predicted molar refractivity (Wildman–Crippen MR) is 88.3 cm³/mol. The van der Waals surface area contributed by atoms with Crippen molar-refractivity contribution in [3.05, 3.63) is 72.2 Å². The Morgan fingerprint density at radius 1 is 0.960 bits per heavy atom. The number of rotatable bonds is 5. The van der Waals surface area contributed by atoms with Crippen LogP contribution >= 0.6 is 0 Å². The highest BCUT2D eigenvalue weighted by atomic mass is 19.4. The van der Waals surface area contributed by atoms with Gasteiger partial charge in [0.1, 0.15) is 5.82 Å². The quantitative estimate of drug-likeness (QED) is 0.724. The smallest absolute Gasteiger partial charge is 0.350 e. The summed E-state index contributed by atoms with van der Waals surface area (Å²) in [5.74, 6) is 0.568. The molecule has 128 valence electrons. The fourth-order valence-corrected chi connectivity index (χ4v) is 2.17. The van der Waals surface area contributed by atoms with E-state index in [4.69, 9.17) is 0 Å². The van der Waals surface area contributed by atoms with Crippen LogP contribution in [0.25, 0.3) is 0 Å². The summed E-state index contributed by atoms with van der Waals surface area (Å²) in [6.45, 7) is 0.455. The lowest BCUT2D eigenvalue weighted by atomic mass is 10.1. The van der Waals surface area contributed by atoms with Crippen LogP contribution in [0.4, 0.5) is 30.6 Å². The third-order valence-electron chi connectivity index (χ3n) is 3.32. The number of anilines is 3. The molecule has 0 unspecified atom stereocenters. The molecule has 0 saturated carbocycles. The number of benzene rings is 1. The average Bonchev–Trinajstić information content (AvgIpc) is 2.61. The molecule has 0 aliphatic heterocycles. The largest absolute Gasteiger partial charge is 0.418 e. The summed E-state index contributed by atoms with van der Waals surface area (Å²) >= 11 is 0. The van der Waals surface area contributed by atoms with Gasteiger partial charge in [-0.2, -0.15) is 18.2 Å². The summed E-state index contributed by atoms with van der Waals surface area (Å²) in [4.78, 5) is 12.3. The molecule has 2 aromatic heterocycles. The molecule has 0 radical (unpaired) electrons. The van der Waals surface area contributed by atoms with Crippen molar-refractivity contribution in [1.29, 1.82) is 0 Å². The number of para-hydroxylation sites is 1. The van der Waals surface area contributed by atoms with E-state index in [-0.39, 0.29) is 11.5 Å². The maximum Gasteiger partial charge on any atom is 0.418 e. The molecular weight excluding hydrogens is 331 g/mol. The number of nitrogens with zero attached hydrogens (tertiary/aromatic N) is 3. The number of aromatic nitrogens is 3. The van der Waals surface area contributed by atoms with Crippen LogP contribution in [-0.2, 0) is 12.7 Å². The van der Waals surface area contributed by atoms with Crippen molar-refractivity contribution in [1.82, 2.24) is 15.0 Å². The highest BCUT2D eigenvalue weighted by molar-refractivity contribution is 5.61. The maximum atomic E-state index is 13.0. The average molecular weight is 345 g/mol. The first-order chi connectivity index (χ1) is 12.0. The second-order valence-corrected chi connectivity index (χ2v) is 5.15. The Morgan fingerprint density at radius 3 is 2.56 bits per heavy atom. The second-order valence-electron chi connectivity index (χ2n) is 5.15. The van der Waals surface area contributed by atoms with Crippen molar-refractivity contribution in [2.75, 3.05) is 10.6 Å². The highest BCUT2D eigenvalue weighted by Gasteiger charge is 2.33. The van der Waals surface area contributed by atoms with Gasteiger partial charge in [-0.25, -0.2) is 4.98 Å². The van der Waals surface area contributed by atoms with Gasteiger partial charge in [0.05, 0.1) is 11.3 Å². The molecule has 0 fully saturated rings. The fraction of sp³-hybridized carbons (Fsp3) is 0.118. The minimum absolute atomic E-state index is 0.0630. The molecule has 25 heavy (non-hydrogen) atoms. The van der Waals surface area contributed by atoms with Crippen molar-refractivity contribution in [3.8, 4) is 0 Å². The summed E-state index contributed by atoms with van der Waals surface area (Å²) in [5.41, 5.74) is 0.122. The van der Waals surface area contributed by atoms with Gasteiger partial charge in [-0.1, -0.05) is 18.2 Å². The molecule has 0 spiro atoms. The van der Waals surface area contributed by atoms with E-state index in [2.05, 4.69) is 25.6 Å². The molecule has 0 aliphatic carbocycles. The van der Waals surface area contributed by atoms with Gasteiger partial charge in [-0.3, -0.25) is 4.98 Å². The lowest BCUT2D eigenvalue weighted by Crippen LogP contribution is -2.10. The van der Waals surface area contributed by atoms with Crippen LogP contribution in [0.15, 0.2) is 61.1 Å². The van der Waals surface area contributed by atoms with Gasteiger partial charge in [0, 0.05) is 25.1 Å². The van der Waals surface area contributed by atoms with E-state index in [1.165, 1.54) is 30.5 Å². The zero-order valence-electron chi connectivity index (χ0n) is 13.0. The number of alkyl halides is 3. The number of hydrogen-bond donors (Lipinski definition) is 2. The third-order valence-corrected chi connectivity index (χ3v) is 3.32. The van der Waals surface area contributed by atoms with E-state index in [1.807, 2.05) is 12.1 Å². The summed E-state index contributed by atoms with van der Waals surface area (Å²) in [6.07, 6.45) is 0.395. The highest BCUT2D eigenvalue weighted by Crippen LogP contribution is 2.35. The van der Waals surface area contributed by atoms with E-state index in [1.54, 1.807) is 12.4 Å². The van der Waals surface area contributed by atoms with E-state index in [0.717, 1.165) is 11.6 Å². The molecular formula is C17H14F3N5. The Bertz CT molecular complexity index is 837. The number of hydrogen-bond acceptors (Lipinski definition) is 5. The van der Waals surface area contributed by atoms with Crippen molar-refractivity contribution < 1.29 is 13.2 Å². The standard InChI is InChI=1S/C17H14F3N5/c18-17(19,20)13-5-1-2-6-14(13)24-15-7-9-22-16(25-15)23-11-12-4-3-8-21-10-12/h1-10H,11H2,(H2,22,23,24,25). The van der Waals surface area contributed by atoms with Crippen molar-refractivity contribution >= 4 is 17.5 Å². The maximum absolute atomic E-state index is 13.0. The van der Waals surface area contributed by atoms with Gasteiger partial charge in [0.25, 0.3) is 0 Å². The van der Waals surface area contributed by atoms with Crippen LogP contribution < -0.4 is 10.6 Å². The fourth-order valence-electron chi connectivity index (χ4n) is 2.17. The molecule has 0 aliphatic rings. The molecule has 8 heteroatoms. The molecule has 5 nitrogen and oxygen atoms in total. The van der Waals surface area contributed by atoms with Gasteiger partial charge in [0.2, 0.25) is 5.95 Å². The first-order valence-electron chi connectivity index (χ1n) is 7.41. The Labute approximate surface area is 142 Å². The Morgan fingerprint density at radius 2 is 1.80 bits per heavy atom. The number of nitrogens with one attached hydrogen (secondary N) is 2. The minimum Gasteiger partial charge on any atom is -0.350 e. The zero-order valence-corrected chi connectivity index (χ0v) is 13.0.